The zero-order valence-electron chi connectivity index (χ0n) is 11.5. The van der Waals surface area contributed by atoms with E-state index >= 15 is 0 Å². The first-order valence-electron chi connectivity index (χ1n) is 6.52. The fourth-order valence-corrected chi connectivity index (χ4v) is 1.82. The van der Waals surface area contributed by atoms with Crippen LogP contribution in [0.2, 0.25) is 0 Å². The maximum absolute atomic E-state index is 5.62. The van der Waals surface area contributed by atoms with E-state index < -0.39 is 0 Å². The fraction of sp³-hybridized carbons (Fsp3) is 0.467. The lowest BCUT2D eigenvalue weighted by molar-refractivity contribution is 0.287. The third kappa shape index (κ3) is 3.77. The Kier molecular flexibility index (Phi) is 6.29. The van der Waals surface area contributed by atoms with Crippen molar-refractivity contribution in [1.29, 1.82) is 0 Å². The number of ether oxygens (including phenoxy) is 2. The first-order chi connectivity index (χ1) is 8.76. The van der Waals surface area contributed by atoms with E-state index in [1.807, 2.05) is 38.1 Å². The van der Waals surface area contributed by atoms with Crippen molar-refractivity contribution in [2.24, 2.45) is 0 Å². The molecule has 0 aliphatic rings. The van der Waals surface area contributed by atoms with Crippen molar-refractivity contribution >= 4 is 0 Å². The monoisotopic (exact) mass is 249 g/mol. The summed E-state index contributed by atoms with van der Waals surface area (Å²) < 4.78 is 11.2. The normalized spacial score (nSPS) is 11.9. The molecule has 1 rings (SSSR count). The average Bonchev–Trinajstić information content (AvgIpc) is 2.38. The molecule has 0 saturated heterocycles. The van der Waals surface area contributed by atoms with Crippen molar-refractivity contribution in [3.8, 4) is 11.5 Å². The summed E-state index contributed by atoms with van der Waals surface area (Å²) in [5.74, 6) is 1.59. The molecule has 0 bridgehead atoms. The van der Waals surface area contributed by atoms with Gasteiger partial charge in [-0.15, -0.1) is 6.58 Å². The number of benzene rings is 1. The lowest BCUT2D eigenvalue weighted by Gasteiger charge is -2.17. The van der Waals surface area contributed by atoms with E-state index in [0.717, 1.165) is 23.6 Å². The van der Waals surface area contributed by atoms with Crippen molar-refractivity contribution in [1.82, 2.24) is 5.32 Å². The highest BCUT2D eigenvalue weighted by Crippen LogP contribution is 2.31. The number of hydrogen-bond donors (Lipinski definition) is 1. The third-order valence-corrected chi connectivity index (χ3v) is 2.59. The number of rotatable bonds is 8. The van der Waals surface area contributed by atoms with Gasteiger partial charge in [-0.2, -0.15) is 0 Å². The summed E-state index contributed by atoms with van der Waals surface area (Å²) >= 11 is 0. The molecule has 1 unspecified atom stereocenters. The van der Waals surface area contributed by atoms with Gasteiger partial charge in [0.15, 0.2) is 11.5 Å². The van der Waals surface area contributed by atoms with E-state index in [2.05, 4.69) is 18.8 Å². The smallest absolute Gasteiger partial charge is 0.161 e. The minimum absolute atomic E-state index is 0.143. The van der Waals surface area contributed by atoms with Crippen LogP contribution in [0.4, 0.5) is 0 Å². The van der Waals surface area contributed by atoms with Gasteiger partial charge in [-0.3, -0.25) is 0 Å². The van der Waals surface area contributed by atoms with Crippen LogP contribution < -0.4 is 14.8 Å². The molecule has 0 aliphatic carbocycles. The maximum atomic E-state index is 5.62. The maximum Gasteiger partial charge on any atom is 0.161 e. The standard InChI is InChI=1S/C15H23NO2/c1-5-13(16-6-2)12-9-10-14(17-7-3)15(11-12)18-8-4/h5,9-11,13,16H,1,6-8H2,2-4H3. The van der Waals surface area contributed by atoms with Crippen LogP contribution in [0.3, 0.4) is 0 Å². The quantitative estimate of drug-likeness (QED) is 0.717. The van der Waals surface area contributed by atoms with Crippen LogP contribution in [0.15, 0.2) is 30.9 Å². The predicted octanol–water partition coefficient (Wildman–Crippen LogP) is 3.32. The average molecular weight is 249 g/mol. The SMILES string of the molecule is C=CC(NCC)c1ccc(OCC)c(OCC)c1. The fourth-order valence-electron chi connectivity index (χ4n) is 1.82. The molecule has 0 radical (unpaired) electrons. The molecule has 0 fully saturated rings. The molecule has 18 heavy (non-hydrogen) atoms. The molecule has 3 nitrogen and oxygen atoms in total. The zero-order valence-corrected chi connectivity index (χ0v) is 11.5. The first kappa shape index (κ1) is 14.6. The van der Waals surface area contributed by atoms with Crippen LogP contribution in [0.1, 0.15) is 32.4 Å². The van der Waals surface area contributed by atoms with Gasteiger partial charge in [0.1, 0.15) is 0 Å². The third-order valence-electron chi connectivity index (χ3n) is 2.59. The van der Waals surface area contributed by atoms with E-state index in [1.165, 1.54) is 0 Å². The van der Waals surface area contributed by atoms with Crippen molar-refractivity contribution in [3.05, 3.63) is 36.4 Å². The highest BCUT2D eigenvalue weighted by Gasteiger charge is 2.11. The topological polar surface area (TPSA) is 30.5 Å². The molecule has 0 saturated carbocycles. The Balaban J connectivity index is 3.00. The van der Waals surface area contributed by atoms with Crippen LogP contribution in [-0.2, 0) is 0 Å². The Morgan fingerprint density at radius 2 is 1.83 bits per heavy atom. The van der Waals surface area contributed by atoms with Crippen molar-refractivity contribution < 1.29 is 9.47 Å². The second-order valence-electron chi connectivity index (χ2n) is 3.84. The minimum atomic E-state index is 0.143. The van der Waals surface area contributed by atoms with Crippen molar-refractivity contribution in [2.75, 3.05) is 19.8 Å². The van der Waals surface area contributed by atoms with Gasteiger partial charge < -0.3 is 14.8 Å². The molecule has 0 aromatic heterocycles. The van der Waals surface area contributed by atoms with Crippen LogP contribution in [0.5, 0.6) is 11.5 Å². The van der Waals surface area contributed by atoms with Crippen molar-refractivity contribution in [3.63, 3.8) is 0 Å². The second kappa shape index (κ2) is 7.77. The van der Waals surface area contributed by atoms with E-state index in [0.29, 0.717) is 13.2 Å². The van der Waals surface area contributed by atoms with E-state index in [-0.39, 0.29) is 6.04 Å². The summed E-state index contributed by atoms with van der Waals surface area (Å²) in [6, 6.07) is 6.16. The molecule has 0 aliphatic heterocycles. The van der Waals surface area contributed by atoms with E-state index in [9.17, 15) is 0 Å². The molecule has 0 heterocycles. The molecule has 100 valence electrons. The van der Waals surface area contributed by atoms with Crippen LogP contribution in [-0.4, -0.2) is 19.8 Å². The van der Waals surface area contributed by atoms with Gasteiger partial charge in [-0.1, -0.05) is 19.1 Å². The lowest BCUT2D eigenvalue weighted by atomic mass is 10.1. The summed E-state index contributed by atoms with van der Waals surface area (Å²) in [5, 5.41) is 3.35. The highest BCUT2D eigenvalue weighted by atomic mass is 16.5. The molecular weight excluding hydrogens is 226 g/mol. The molecule has 0 spiro atoms. The van der Waals surface area contributed by atoms with Gasteiger partial charge in [-0.25, -0.2) is 0 Å². The molecule has 1 aromatic carbocycles. The Bertz CT molecular complexity index is 377. The van der Waals surface area contributed by atoms with Crippen molar-refractivity contribution in [2.45, 2.75) is 26.8 Å². The summed E-state index contributed by atoms with van der Waals surface area (Å²) in [6.07, 6.45) is 1.90. The molecule has 1 atom stereocenters. The van der Waals surface area contributed by atoms with Gasteiger partial charge in [0.25, 0.3) is 0 Å². The van der Waals surface area contributed by atoms with Crippen LogP contribution in [0.25, 0.3) is 0 Å². The summed E-state index contributed by atoms with van der Waals surface area (Å²) in [5.41, 5.74) is 1.14. The lowest BCUT2D eigenvalue weighted by Crippen LogP contribution is -2.18. The number of hydrogen-bond acceptors (Lipinski definition) is 3. The van der Waals surface area contributed by atoms with Gasteiger partial charge in [0, 0.05) is 0 Å². The summed E-state index contributed by atoms with van der Waals surface area (Å²) in [6.45, 7) is 12.0. The Morgan fingerprint density at radius 3 is 2.39 bits per heavy atom. The van der Waals surface area contributed by atoms with Gasteiger partial charge in [0.2, 0.25) is 0 Å². The highest BCUT2D eigenvalue weighted by molar-refractivity contribution is 5.44. The molecule has 0 amide bonds. The van der Waals surface area contributed by atoms with Crippen LogP contribution in [0, 0.1) is 0 Å². The van der Waals surface area contributed by atoms with Gasteiger partial charge in [-0.05, 0) is 38.1 Å². The largest absolute Gasteiger partial charge is 0.490 e. The summed E-state index contributed by atoms with van der Waals surface area (Å²) in [4.78, 5) is 0. The Labute approximate surface area is 110 Å². The second-order valence-corrected chi connectivity index (χ2v) is 3.84. The Morgan fingerprint density at radius 1 is 1.17 bits per heavy atom. The van der Waals surface area contributed by atoms with Crippen LogP contribution >= 0.6 is 0 Å². The van der Waals surface area contributed by atoms with E-state index in [1.54, 1.807) is 0 Å². The molecule has 1 aromatic rings. The van der Waals surface area contributed by atoms with E-state index in [4.69, 9.17) is 9.47 Å². The molecular formula is C15H23NO2. The van der Waals surface area contributed by atoms with Gasteiger partial charge >= 0.3 is 0 Å². The number of likely N-dealkylation sites (N-methyl/N-ethyl adjacent to an activating group) is 1. The molecule has 1 N–H and O–H groups in total. The first-order valence-corrected chi connectivity index (χ1v) is 6.52. The Hall–Kier alpha value is -1.48. The van der Waals surface area contributed by atoms with Gasteiger partial charge in [0.05, 0.1) is 19.3 Å². The molecule has 3 heteroatoms. The number of nitrogens with one attached hydrogen (secondary N) is 1. The predicted molar refractivity (Wildman–Crippen MR) is 75.4 cm³/mol. The minimum Gasteiger partial charge on any atom is -0.490 e. The zero-order chi connectivity index (χ0) is 13.4. The summed E-state index contributed by atoms with van der Waals surface area (Å²) in [7, 11) is 0.